The molecule has 2 aliphatic heterocycles. The van der Waals surface area contributed by atoms with Gasteiger partial charge in [-0.25, -0.2) is 22.0 Å². The van der Waals surface area contributed by atoms with Gasteiger partial charge in [0.05, 0.1) is 6.26 Å². The number of benzene rings is 1. The van der Waals surface area contributed by atoms with Gasteiger partial charge in [-0.05, 0) is 56.9 Å². The Morgan fingerprint density at radius 2 is 1.71 bits per heavy atom. The molecule has 9 heteroatoms. The number of piperidine rings is 1. The van der Waals surface area contributed by atoms with Gasteiger partial charge in [-0.3, -0.25) is 0 Å². The van der Waals surface area contributed by atoms with Gasteiger partial charge in [0.15, 0.2) is 11.6 Å². The van der Waals surface area contributed by atoms with Crippen LogP contribution >= 0.6 is 0 Å². The fraction of sp³-hybridized carbons (Fsp3) is 0.632. The Kier molecular flexibility index (Phi) is 5.21. The normalized spacial score (nSPS) is 20.1. The number of halogens is 2. The molecule has 0 aliphatic carbocycles. The van der Waals surface area contributed by atoms with Crippen molar-refractivity contribution < 1.29 is 26.7 Å². The van der Waals surface area contributed by atoms with Crippen molar-refractivity contribution >= 4 is 16.1 Å². The third kappa shape index (κ3) is 4.15. The summed E-state index contributed by atoms with van der Waals surface area (Å²) in [7, 11) is -3.51. The number of carbonyl (C=O) groups excluding carboxylic acids is 1. The van der Waals surface area contributed by atoms with Gasteiger partial charge < -0.3 is 9.64 Å². The summed E-state index contributed by atoms with van der Waals surface area (Å²) < 4.78 is 58.8. The predicted molar refractivity (Wildman–Crippen MR) is 100 cm³/mol. The lowest BCUT2D eigenvalue weighted by Gasteiger charge is -2.48. The first-order valence-corrected chi connectivity index (χ1v) is 11.1. The van der Waals surface area contributed by atoms with Crippen LogP contribution in [0, 0.1) is 11.6 Å². The Morgan fingerprint density at radius 3 is 2.25 bits per heavy atom. The average molecular weight is 416 g/mol. The molecule has 0 radical (unpaired) electrons. The van der Waals surface area contributed by atoms with E-state index in [4.69, 9.17) is 4.74 Å². The largest absolute Gasteiger partial charge is 0.444 e. The number of hydrogen-bond acceptors (Lipinski definition) is 4. The highest BCUT2D eigenvalue weighted by Crippen LogP contribution is 2.43. The van der Waals surface area contributed by atoms with Crippen LogP contribution in [-0.2, 0) is 26.7 Å². The maximum absolute atomic E-state index is 14.0. The molecule has 0 aromatic heterocycles. The second-order valence-electron chi connectivity index (χ2n) is 8.70. The van der Waals surface area contributed by atoms with Crippen LogP contribution in [0.15, 0.2) is 12.1 Å². The number of likely N-dealkylation sites (tertiary alicyclic amines) is 1. The van der Waals surface area contributed by atoms with Crippen molar-refractivity contribution in [2.24, 2.45) is 0 Å². The van der Waals surface area contributed by atoms with E-state index in [2.05, 4.69) is 0 Å². The zero-order valence-corrected chi connectivity index (χ0v) is 17.4. The summed E-state index contributed by atoms with van der Waals surface area (Å²) >= 11 is 0. The highest BCUT2D eigenvalue weighted by atomic mass is 32.2. The van der Waals surface area contributed by atoms with E-state index in [-0.39, 0.29) is 13.1 Å². The van der Waals surface area contributed by atoms with E-state index in [0.717, 1.165) is 12.3 Å². The van der Waals surface area contributed by atoms with Crippen molar-refractivity contribution in [3.05, 3.63) is 34.9 Å². The topological polar surface area (TPSA) is 66.9 Å². The minimum absolute atomic E-state index is 0.0168. The Morgan fingerprint density at radius 1 is 1.14 bits per heavy atom. The summed E-state index contributed by atoms with van der Waals surface area (Å²) in [5, 5.41) is 0. The summed E-state index contributed by atoms with van der Waals surface area (Å²) in [5.74, 6) is -1.93. The van der Waals surface area contributed by atoms with E-state index in [1.807, 2.05) is 0 Å². The third-order valence-electron chi connectivity index (χ3n) is 5.38. The smallest absolute Gasteiger partial charge is 0.410 e. The van der Waals surface area contributed by atoms with Gasteiger partial charge in [-0.15, -0.1) is 0 Å². The third-order valence-corrected chi connectivity index (χ3v) is 6.58. The van der Waals surface area contributed by atoms with Crippen molar-refractivity contribution in [2.75, 3.05) is 25.9 Å². The zero-order valence-electron chi connectivity index (χ0n) is 16.6. The molecule has 1 amide bonds. The Balaban J connectivity index is 1.91. The first-order chi connectivity index (χ1) is 12.8. The minimum Gasteiger partial charge on any atom is -0.444 e. The number of amides is 1. The lowest BCUT2D eigenvalue weighted by Crippen LogP contribution is -2.54. The van der Waals surface area contributed by atoms with E-state index in [1.165, 1.54) is 10.4 Å². The molecule has 3 rings (SSSR count). The predicted octanol–water partition coefficient (Wildman–Crippen LogP) is 3.01. The lowest BCUT2D eigenvalue weighted by molar-refractivity contribution is 0.0145. The molecule has 2 aliphatic rings. The van der Waals surface area contributed by atoms with Crippen LogP contribution in [-0.4, -0.2) is 55.2 Å². The molecular weight excluding hydrogens is 390 g/mol. The van der Waals surface area contributed by atoms with Crippen LogP contribution < -0.4 is 0 Å². The van der Waals surface area contributed by atoms with Crippen molar-refractivity contribution in [3.8, 4) is 0 Å². The molecule has 1 aromatic carbocycles. The second kappa shape index (κ2) is 6.95. The Labute approximate surface area is 164 Å². The molecular formula is C19H26F2N2O4S. The van der Waals surface area contributed by atoms with Crippen molar-refractivity contribution in [1.82, 2.24) is 9.21 Å². The van der Waals surface area contributed by atoms with Crippen LogP contribution in [0.3, 0.4) is 0 Å². The highest BCUT2D eigenvalue weighted by molar-refractivity contribution is 7.88. The second-order valence-corrected chi connectivity index (χ2v) is 10.7. The molecule has 6 nitrogen and oxygen atoms in total. The summed E-state index contributed by atoms with van der Waals surface area (Å²) in [6, 6.07) is 2.28. The number of ether oxygens (including phenoxy) is 1. The standard InChI is InChI=1S/C19H26F2N2O4S/c1-18(2,3)27-17(24)22-7-5-19(6-8-22)12-23(28(4,25)26)11-13-9-15(20)16(21)10-14(13)19/h9-10H,5-8,11-12H2,1-4H3. The maximum Gasteiger partial charge on any atom is 0.410 e. The monoisotopic (exact) mass is 416 g/mol. The Bertz CT molecular complexity index is 888. The van der Waals surface area contributed by atoms with Crippen molar-refractivity contribution in [1.29, 1.82) is 0 Å². The lowest BCUT2D eigenvalue weighted by atomic mass is 9.69. The molecule has 0 atom stereocenters. The first-order valence-electron chi connectivity index (χ1n) is 9.22. The molecule has 0 unspecified atom stereocenters. The number of carbonyl (C=O) groups is 1. The molecule has 1 fully saturated rings. The van der Waals surface area contributed by atoms with Crippen LogP contribution in [0.25, 0.3) is 0 Å². The molecule has 0 bridgehead atoms. The first kappa shape index (κ1) is 21.0. The van der Waals surface area contributed by atoms with Crippen LogP contribution in [0.2, 0.25) is 0 Å². The van der Waals surface area contributed by atoms with Crippen LogP contribution in [0.5, 0.6) is 0 Å². The molecule has 1 spiro atoms. The van der Waals surface area contributed by atoms with Gasteiger partial charge in [0.2, 0.25) is 10.0 Å². The number of sulfonamides is 1. The van der Waals surface area contributed by atoms with E-state index in [0.29, 0.717) is 37.1 Å². The summed E-state index contributed by atoms with van der Waals surface area (Å²) in [4.78, 5) is 13.9. The quantitative estimate of drug-likeness (QED) is 0.706. The number of nitrogens with zero attached hydrogens (tertiary/aromatic N) is 2. The minimum atomic E-state index is -3.51. The molecule has 0 N–H and O–H groups in total. The van der Waals surface area contributed by atoms with Gasteiger partial charge in [0, 0.05) is 31.6 Å². The highest BCUT2D eigenvalue weighted by Gasteiger charge is 2.45. The number of hydrogen-bond donors (Lipinski definition) is 0. The number of fused-ring (bicyclic) bond motifs is 2. The van der Waals surface area contributed by atoms with Crippen LogP contribution in [0.1, 0.15) is 44.7 Å². The molecule has 1 aromatic rings. The number of rotatable bonds is 1. The molecule has 1 saturated heterocycles. The van der Waals surface area contributed by atoms with Gasteiger partial charge in [0.25, 0.3) is 0 Å². The van der Waals surface area contributed by atoms with Crippen LogP contribution in [0.4, 0.5) is 13.6 Å². The van der Waals surface area contributed by atoms with E-state index < -0.39 is 38.8 Å². The van der Waals surface area contributed by atoms with Gasteiger partial charge in [-0.2, -0.15) is 4.31 Å². The molecule has 156 valence electrons. The van der Waals surface area contributed by atoms with E-state index >= 15 is 0 Å². The SMILES string of the molecule is CC(C)(C)OC(=O)N1CCC2(CC1)CN(S(C)(=O)=O)Cc1cc(F)c(F)cc12. The van der Waals surface area contributed by atoms with E-state index in [9.17, 15) is 22.0 Å². The van der Waals surface area contributed by atoms with Gasteiger partial charge >= 0.3 is 6.09 Å². The molecule has 2 heterocycles. The molecule has 0 saturated carbocycles. The van der Waals surface area contributed by atoms with Gasteiger partial charge in [0.1, 0.15) is 5.60 Å². The van der Waals surface area contributed by atoms with E-state index in [1.54, 1.807) is 25.7 Å². The summed E-state index contributed by atoms with van der Waals surface area (Å²) in [5.41, 5.74) is -0.169. The maximum atomic E-state index is 14.0. The molecule has 28 heavy (non-hydrogen) atoms. The average Bonchev–Trinajstić information content (AvgIpc) is 2.55. The Hall–Kier alpha value is -1.74. The van der Waals surface area contributed by atoms with Crippen molar-refractivity contribution in [2.45, 2.75) is 51.2 Å². The summed E-state index contributed by atoms with van der Waals surface area (Å²) in [6.45, 7) is 6.27. The zero-order chi connectivity index (χ0) is 20.9. The fourth-order valence-electron chi connectivity index (χ4n) is 3.99. The summed E-state index contributed by atoms with van der Waals surface area (Å²) in [6.07, 6.45) is 1.57. The van der Waals surface area contributed by atoms with Gasteiger partial charge in [-0.1, -0.05) is 0 Å². The fourth-order valence-corrected chi connectivity index (χ4v) is 4.84. The van der Waals surface area contributed by atoms with Crippen molar-refractivity contribution in [3.63, 3.8) is 0 Å².